The number of hydrogen-bond acceptors (Lipinski definition) is 0. The maximum atomic E-state index is 3.44. The number of H-pyrrole nitrogens is 2. The van der Waals surface area contributed by atoms with Crippen molar-refractivity contribution in [2.24, 2.45) is 0 Å². The lowest BCUT2D eigenvalue weighted by Crippen LogP contribution is -1.72. The Hall–Kier alpha value is -2.74. The maximum Gasteiger partial charge on any atom is 0.0458 e. The van der Waals surface area contributed by atoms with Crippen molar-refractivity contribution >= 4 is 34.0 Å². The number of aromatic amines is 2. The summed E-state index contributed by atoms with van der Waals surface area (Å²) in [5.74, 6) is 0. The van der Waals surface area contributed by atoms with E-state index >= 15 is 0 Å². The molecule has 22 heavy (non-hydrogen) atoms. The number of aryl methyl sites for hydroxylation is 2. The lowest BCUT2D eigenvalue weighted by Gasteiger charge is -1.90. The van der Waals surface area contributed by atoms with Crippen LogP contribution in [0.2, 0.25) is 0 Å². The van der Waals surface area contributed by atoms with Gasteiger partial charge >= 0.3 is 0 Å². The van der Waals surface area contributed by atoms with E-state index < -0.39 is 0 Å². The zero-order chi connectivity index (χ0) is 15.1. The average Bonchev–Trinajstić information content (AvgIpc) is 3.07. The van der Waals surface area contributed by atoms with E-state index in [1.807, 2.05) is 0 Å². The molecule has 2 heteroatoms. The molecule has 0 aliphatic carbocycles. The third-order valence-electron chi connectivity index (χ3n) is 4.04. The van der Waals surface area contributed by atoms with Gasteiger partial charge in [0.25, 0.3) is 0 Å². The lowest BCUT2D eigenvalue weighted by atomic mass is 10.2. The van der Waals surface area contributed by atoms with Gasteiger partial charge in [0.1, 0.15) is 0 Å². The van der Waals surface area contributed by atoms with Crippen molar-refractivity contribution in [3.05, 3.63) is 71.0 Å². The summed E-state index contributed by atoms with van der Waals surface area (Å²) in [6.45, 7) is 4.24. The highest BCUT2D eigenvalue weighted by molar-refractivity contribution is 5.87. The smallest absolute Gasteiger partial charge is 0.0458 e. The van der Waals surface area contributed by atoms with Crippen LogP contribution in [0.3, 0.4) is 0 Å². The van der Waals surface area contributed by atoms with Gasteiger partial charge in [0, 0.05) is 33.2 Å². The number of aromatic nitrogens is 2. The van der Waals surface area contributed by atoms with Crippen molar-refractivity contribution in [2.45, 2.75) is 13.8 Å². The summed E-state index contributed by atoms with van der Waals surface area (Å²) in [5.41, 5.74) is 7.17. The Morgan fingerprint density at radius 1 is 0.636 bits per heavy atom. The monoisotopic (exact) mass is 286 g/mol. The molecule has 2 N–H and O–H groups in total. The number of fused-ring (bicyclic) bond motifs is 2. The van der Waals surface area contributed by atoms with Crippen molar-refractivity contribution < 1.29 is 0 Å². The highest BCUT2D eigenvalue weighted by Gasteiger charge is 2.00. The molecule has 0 aliphatic rings. The van der Waals surface area contributed by atoms with Crippen molar-refractivity contribution in [3.8, 4) is 0 Å². The van der Waals surface area contributed by atoms with E-state index in [1.165, 1.54) is 32.9 Å². The number of hydrogen-bond donors (Lipinski definition) is 2. The van der Waals surface area contributed by atoms with Crippen LogP contribution in [0.4, 0.5) is 0 Å². The topological polar surface area (TPSA) is 31.6 Å². The predicted molar refractivity (Wildman–Crippen MR) is 95.0 cm³/mol. The molecule has 0 unspecified atom stereocenters. The first-order chi connectivity index (χ1) is 10.7. The van der Waals surface area contributed by atoms with Crippen LogP contribution in [0.15, 0.2) is 48.5 Å². The minimum atomic E-state index is 1.12. The number of nitrogens with one attached hydrogen (secondary N) is 2. The van der Waals surface area contributed by atoms with Gasteiger partial charge in [-0.3, -0.25) is 0 Å². The maximum absolute atomic E-state index is 3.44. The van der Waals surface area contributed by atoms with Gasteiger partial charge in [0.2, 0.25) is 0 Å². The van der Waals surface area contributed by atoms with Gasteiger partial charge in [-0.15, -0.1) is 0 Å². The summed E-state index contributed by atoms with van der Waals surface area (Å²) in [6.07, 6.45) is 4.24. The molecule has 0 fully saturated rings. The van der Waals surface area contributed by atoms with Gasteiger partial charge in [-0.1, -0.05) is 23.3 Å². The third kappa shape index (κ3) is 2.33. The molecule has 0 saturated carbocycles. The summed E-state index contributed by atoms with van der Waals surface area (Å²) in [7, 11) is 0. The third-order valence-corrected chi connectivity index (χ3v) is 4.04. The van der Waals surface area contributed by atoms with Crippen LogP contribution >= 0.6 is 0 Å². The fourth-order valence-corrected chi connectivity index (χ4v) is 2.91. The van der Waals surface area contributed by atoms with Crippen LogP contribution < -0.4 is 0 Å². The Kier molecular flexibility index (Phi) is 2.90. The van der Waals surface area contributed by atoms with E-state index in [9.17, 15) is 0 Å². The van der Waals surface area contributed by atoms with Gasteiger partial charge < -0.3 is 9.97 Å². The quantitative estimate of drug-likeness (QED) is 0.492. The van der Waals surface area contributed by atoms with E-state index in [0.29, 0.717) is 0 Å². The Morgan fingerprint density at radius 2 is 1.09 bits per heavy atom. The molecule has 0 saturated heterocycles. The van der Waals surface area contributed by atoms with Crippen molar-refractivity contribution in [3.63, 3.8) is 0 Å². The van der Waals surface area contributed by atoms with E-state index in [2.05, 4.69) is 84.5 Å². The Morgan fingerprint density at radius 3 is 1.55 bits per heavy atom. The SMILES string of the molecule is Cc1ccc2[nH]c(C=Cc3cc4cc(C)ccc4[nH]3)cc2c1. The number of benzene rings is 2. The van der Waals surface area contributed by atoms with Crippen LogP contribution in [0.25, 0.3) is 34.0 Å². The second-order valence-corrected chi connectivity index (χ2v) is 5.96. The second-order valence-electron chi connectivity index (χ2n) is 5.96. The molecule has 0 atom stereocenters. The summed E-state index contributed by atoms with van der Waals surface area (Å²) < 4.78 is 0. The second kappa shape index (κ2) is 4.92. The van der Waals surface area contributed by atoms with Gasteiger partial charge in [-0.05, 0) is 62.4 Å². The first-order valence-corrected chi connectivity index (χ1v) is 7.54. The number of rotatable bonds is 2. The molecule has 2 aromatic heterocycles. The van der Waals surface area contributed by atoms with Gasteiger partial charge in [-0.2, -0.15) is 0 Å². The molecule has 4 aromatic rings. The van der Waals surface area contributed by atoms with E-state index in [0.717, 1.165) is 11.4 Å². The molecule has 4 rings (SSSR count). The minimum Gasteiger partial charge on any atom is -0.355 e. The van der Waals surface area contributed by atoms with Crippen LogP contribution in [0.5, 0.6) is 0 Å². The minimum absolute atomic E-state index is 1.12. The average molecular weight is 286 g/mol. The van der Waals surface area contributed by atoms with Crippen molar-refractivity contribution in [1.82, 2.24) is 9.97 Å². The Labute approximate surface area is 129 Å². The largest absolute Gasteiger partial charge is 0.355 e. The van der Waals surface area contributed by atoms with Crippen LogP contribution in [0, 0.1) is 13.8 Å². The van der Waals surface area contributed by atoms with Gasteiger partial charge in [0.15, 0.2) is 0 Å². The lowest BCUT2D eigenvalue weighted by molar-refractivity contribution is 1.41. The van der Waals surface area contributed by atoms with Crippen molar-refractivity contribution in [1.29, 1.82) is 0 Å². The summed E-state index contributed by atoms with van der Waals surface area (Å²) in [6, 6.07) is 17.3. The standard InChI is InChI=1S/C20H18N2/c1-13-3-7-19-15(9-13)11-17(21-19)5-6-18-12-16-10-14(2)4-8-20(16)22-18/h3-12,21-22H,1-2H3. The highest BCUT2D eigenvalue weighted by Crippen LogP contribution is 2.20. The summed E-state index contributed by atoms with van der Waals surface area (Å²) in [4.78, 5) is 6.87. The normalized spacial score (nSPS) is 11.9. The molecule has 0 radical (unpaired) electrons. The molecule has 0 bridgehead atoms. The van der Waals surface area contributed by atoms with Crippen LogP contribution in [0.1, 0.15) is 22.5 Å². The van der Waals surface area contributed by atoms with E-state index in [1.54, 1.807) is 0 Å². The molecule has 108 valence electrons. The molecule has 0 spiro atoms. The highest BCUT2D eigenvalue weighted by atomic mass is 14.7. The molecule has 0 aliphatic heterocycles. The molecule has 2 nitrogen and oxygen atoms in total. The zero-order valence-corrected chi connectivity index (χ0v) is 12.8. The van der Waals surface area contributed by atoms with Crippen LogP contribution in [-0.4, -0.2) is 9.97 Å². The Bertz CT molecular complexity index is 917. The first-order valence-electron chi connectivity index (χ1n) is 7.54. The van der Waals surface area contributed by atoms with E-state index in [4.69, 9.17) is 0 Å². The molecule has 2 heterocycles. The zero-order valence-electron chi connectivity index (χ0n) is 12.8. The fraction of sp³-hybridized carbons (Fsp3) is 0.100. The Balaban J connectivity index is 1.68. The van der Waals surface area contributed by atoms with Crippen LogP contribution in [-0.2, 0) is 0 Å². The first kappa shape index (κ1) is 13.0. The van der Waals surface area contributed by atoms with Gasteiger partial charge in [-0.25, -0.2) is 0 Å². The molecular formula is C20H18N2. The summed E-state index contributed by atoms with van der Waals surface area (Å²) in [5, 5.41) is 2.51. The van der Waals surface area contributed by atoms with Crippen molar-refractivity contribution in [2.75, 3.05) is 0 Å². The molecule has 0 amide bonds. The van der Waals surface area contributed by atoms with E-state index in [-0.39, 0.29) is 0 Å². The van der Waals surface area contributed by atoms with Gasteiger partial charge in [0.05, 0.1) is 0 Å². The molecule has 2 aromatic carbocycles. The fourth-order valence-electron chi connectivity index (χ4n) is 2.91. The predicted octanol–water partition coefficient (Wildman–Crippen LogP) is 5.44. The summed E-state index contributed by atoms with van der Waals surface area (Å²) >= 11 is 0. The molecular weight excluding hydrogens is 268 g/mol.